The lowest BCUT2D eigenvalue weighted by atomic mass is 9.95. The smallest absolute Gasteiger partial charge is 0.290 e. The maximum atomic E-state index is 12.8. The highest BCUT2D eigenvalue weighted by molar-refractivity contribution is 9.13. The second kappa shape index (κ2) is 7.37. The molecule has 0 fully saturated rings. The molecule has 0 aliphatic carbocycles. The van der Waals surface area contributed by atoms with Crippen molar-refractivity contribution in [1.82, 2.24) is 4.90 Å². The fraction of sp³-hybridized carbons (Fsp3) is 0.200. The van der Waals surface area contributed by atoms with E-state index in [1.807, 2.05) is 55.5 Å². The molecular weight excluding hydrogens is 462 g/mol. The number of carbonyl (C=O) groups excluding carboxylic acids is 2. The molecule has 3 rings (SSSR count). The topological polar surface area (TPSA) is 57.6 Å². The predicted molar refractivity (Wildman–Crippen MR) is 107 cm³/mol. The molecule has 26 heavy (non-hydrogen) atoms. The van der Waals surface area contributed by atoms with Crippen LogP contribution in [-0.2, 0) is 9.59 Å². The minimum absolute atomic E-state index is 0.131. The van der Waals surface area contributed by atoms with Gasteiger partial charge in [-0.05, 0) is 69.0 Å². The Morgan fingerprint density at radius 2 is 1.77 bits per heavy atom. The van der Waals surface area contributed by atoms with E-state index in [0.717, 1.165) is 20.1 Å². The number of Topliss-reactive ketones (excluding diaryl/α,β-unsaturated/α-hetero) is 1. The van der Waals surface area contributed by atoms with Gasteiger partial charge in [0, 0.05) is 8.95 Å². The van der Waals surface area contributed by atoms with Crippen molar-refractivity contribution >= 4 is 43.6 Å². The number of ketones is 1. The Morgan fingerprint density at radius 1 is 1.12 bits per heavy atom. The van der Waals surface area contributed by atoms with E-state index in [0.29, 0.717) is 0 Å². The van der Waals surface area contributed by atoms with Crippen LogP contribution in [0.2, 0.25) is 0 Å². The first-order valence-corrected chi connectivity index (χ1v) is 9.68. The highest BCUT2D eigenvalue weighted by Gasteiger charge is 2.44. The van der Waals surface area contributed by atoms with Gasteiger partial charge in [0.2, 0.25) is 0 Å². The molecule has 6 heteroatoms. The minimum Gasteiger partial charge on any atom is -0.503 e. The molecule has 1 aliphatic rings. The van der Waals surface area contributed by atoms with Crippen molar-refractivity contribution in [3.8, 4) is 0 Å². The number of nitrogens with zero attached hydrogens (tertiary/aromatic N) is 1. The van der Waals surface area contributed by atoms with E-state index in [1.165, 1.54) is 6.92 Å². The average Bonchev–Trinajstić information content (AvgIpc) is 2.89. The van der Waals surface area contributed by atoms with Gasteiger partial charge < -0.3 is 10.0 Å². The van der Waals surface area contributed by atoms with Crippen LogP contribution in [0.5, 0.6) is 0 Å². The number of benzene rings is 2. The number of carbonyl (C=O) groups is 2. The Bertz CT molecular complexity index is 909. The van der Waals surface area contributed by atoms with E-state index in [4.69, 9.17) is 0 Å². The molecule has 2 aromatic carbocycles. The molecule has 1 aliphatic heterocycles. The molecule has 1 amide bonds. The van der Waals surface area contributed by atoms with Gasteiger partial charge in [0.25, 0.3) is 5.91 Å². The number of amides is 1. The van der Waals surface area contributed by atoms with Crippen molar-refractivity contribution < 1.29 is 14.7 Å². The van der Waals surface area contributed by atoms with Crippen LogP contribution in [0.4, 0.5) is 0 Å². The molecular formula is C20H17Br2NO3. The fourth-order valence-electron chi connectivity index (χ4n) is 3.28. The summed E-state index contributed by atoms with van der Waals surface area (Å²) in [5, 5.41) is 10.4. The first kappa shape index (κ1) is 18.9. The van der Waals surface area contributed by atoms with E-state index in [2.05, 4.69) is 31.9 Å². The molecule has 4 nitrogen and oxygen atoms in total. The normalized spacial score (nSPS) is 18.4. The fourth-order valence-corrected chi connectivity index (χ4v) is 3.93. The lowest BCUT2D eigenvalue weighted by molar-refractivity contribution is -0.131. The average molecular weight is 479 g/mol. The predicted octanol–water partition coefficient (Wildman–Crippen LogP) is 5.26. The Kier molecular flexibility index (Phi) is 5.34. The molecule has 0 bridgehead atoms. The highest BCUT2D eigenvalue weighted by Crippen LogP contribution is 2.43. The van der Waals surface area contributed by atoms with E-state index in [1.54, 1.807) is 4.90 Å². The summed E-state index contributed by atoms with van der Waals surface area (Å²) in [6.45, 7) is 3.26. The maximum Gasteiger partial charge on any atom is 0.290 e. The van der Waals surface area contributed by atoms with Gasteiger partial charge in [-0.25, -0.2) is 0 Å². The quantitative estimate of drug-likeness (QED) is 0.652. The standard InChI is InChI=1S/C20H17Br2NO3/c1-11(13-6-4-3-5-7-13)23-18(14-8-9-15(21)16(22)10-14)17(12(2)24)19(25)20(23)26/h3-11,18,25H,1-2H3. The molecule has 0 saturated heterocycles. The number of halogens is 2. The third-order valence-corrected chi connectivity index (χ3v) is 6.46. The van der Waals surface area contributed by atoms with Gasteiger partial charge in [-0.2, -0.15) is 0 Å². The van der Waals surface area contributed by atoms with Crippen molar-refractivity contribution in [3.05, 3.63) is 79.9 Å². The van der Waals surface area contributed by atoms with Crippen LogP contribution in [-0.4, -0.2) is 21.7 Å². The number of hydrogen-bond donors (Lipinski definition) is 1. The third-order valence-electron chi connectivity index (χ3n) is 4.58. The molecule has 2 aromatic rings. The maximum absolute atomic E-state index is 12.8. The second-order valence-electron chi connectivity index (χ2n) is 6.19. The van der Waals surface area contributed by atoms with Gasteiger partial charge in [0.15, 0.2) is 11.5 Å². The summed E-state index contributed by atoms with van der Waals surface area (Å²) in [4.78, 5) is 26.6. The van der Waals surface area contributed by atoms with Crippen LogP contribution in [0.25, 0.3) is 0 Å². The molecule has 0 aromatic heterocycles. The first-order valence-electron chi connectivity index (χ1n) is 8.09. The zero-order valence-electron chi connectivity index (χ0n) is 14.2. The first-order chi connectivity index (χ1) is 12.3. The molecule has 1 N–H and O–H groups in total. The van der Waals surface area contributed by atoms with Gasteiger partial charge in [-0.1, -0.05) is 36.4 Å². The number of aliphatic hydroxyl groups is 1. The molecule has 0 radical (unpaired) electrons. The van der Waals surface area contributed by atoms with Gasteiger partial charge >= 0.3 is 0 Å². The summed E-state index contributed by atoms with van der Waals surface area (Å²) >= 11 is 6.90. The number of aliphatic hydroxyl groups excluding tert-OH is 1. The SMILES string of the molecule is CC(=O)C1=C(O)C(=O)N(C(C)c2ccccc2)C1c1ccc(Br)c(Br)c1. The van der Waals surface area contributed by atoms with Crippen LogP contribution in [0.3, 0.4) is 0 Å². The Morgan fingerprint density at radius 3 is 2.35 bits per heavy atom. The molecule has 2 atom stereocenters. The van der Waals surface area contributed by atoms with Crippen molar-refractivity contribution in [2.75, 3.05) is 0 Å². The van der Waals surface area contributed by atoms with Crippen molar-refractivity contribution in [2.24, 2.45) is 0 Å². The summed E-state index contributed by atoms with van der Waals surface area (Å²) in [6.07, 6.45) is 0. The summed E-state index contributed by atoms with van der Waals surface area (Å²) in [7, 11) is 0. The van der Waals surface area contributed by atoms with Crippen LogP contribution in [0.1, 0.15) is 37.1 Å². The summed E-state index contributed by atoms with van der Waals surface area (Å²) in [5.41, 5.74) is 1.82. The van der Waals surface area contributed by atoms with Crippen LogP contribution >= 0.6 is 31.9 Å². The zero-order valence-corrected chi connectivity index (χ0v) is 17.4. The number of hydrogen-bond acceptors (Lipinski definition) is 3. The molecule has 2 unspecified atom stereocenters. The van der Waals surface area contributed by atoms with Gasteiger partial charge in [0.05, 0.1) is 17.7 Å². The third kappa shape index (κ3) is 3.23. The van der Waals surface area contributed by atoms with E-state index in [9.17, 15) is 14.7 Å². The minimum atomic E-state index is -0.639. The van der Waals surface area contributed by atoms with Gasteiger partial charge in [-0.3, -0.25) is 9.59 Å². The van der Waals surface area contributed by atoms with Crippen LogP contribution < -0.4 is 0 Å². The Hall–Kier alpha value is -1.92. The monoisotopic (exact) mass is 477 g/mol. The molecule has 134 valence electrons. The largest absolute Gasteiger partial charge is 0.503 e. The lowest BCUT2D eigenvalue weighted by Crippen LogP contribution is -2.33. The van der Waals surface area contributed by atoms with E-state index >= 15 is 0 Å². The van der Waals surface area contributed by atoms with Crippen molar-refractivity contribution in [1.29, 1.82) is 0 Å². The van der Waals surface area contributed by atoms with Gasteiger partial charge in [-0.15, -0.1) is 0 Å². The highest BCUT2D eigenvalue weighted by atomic mass is 79.9. The number of rotatable bonds is 4. The van der Waals surface area contributed by atoms with Crippen LogP contribution in [0.15, 0.2) is 68.8 Å². The summed E-state index contributed by atoms with van der Waals surface area (Å²) in [6, 6.07) is 14.2. The van der Waals surface area contributed by atoms with Gasteiger partial charge in [0.1, 0.15) is 0 Å². The molecule has 0 spiro atoms. The molecule has 0 saturated carbocycles. The van der Waals surface area contributed by atoms with E-state index < -0.39 is 17.7 Å². The second-order valence-corrected chi connectivity index (χ2v) is 7.90. The van der Waals surface area contributed by atoms with Crippen molar-refractivity contribution in [3.63, 3.8) is 0 Å². The molecule has 1 heterocycles. The summed E-state index contributed by atoms with van der Waals surface area (Å²) < 4.78 is 1.68. The van der Waals surface area contributed by atoms with Crippen LogP contribution in [0, 0.1) is 0 Å². The summed E-state index contributed by atoms with van der Waals surface area (Å²) in [5.74, 6) is -1.32. The Labute approximate surface area is 168 Å². The lowest BCUT2D eigenvalue weighted by Gasteiger charge is -2.32. The van der Waals surface area contributed by atoms with E-state index in [-0.39, 0.29) is 17.4 Å². The Balaban J connectivity index is 2.14. The van der Waals surface area contributed by atoms with Crippen molar-refractivity contribution in [2.45, 2.75) is 25.9 Å². The zero-order chi connectivity index (χ0) is 19.0.